The van der Waals surface area contributed by atoms with Gasteiger partial charge in [-0.25, -0.2) is 14.2 Å². The molecule has 1 amide bonds. The van der Waals surface area contributed by atoms with Crippen molar-refractivity contribution < 1.29 is 19.0 Å². The van der Waals surface area contributed by atoms with Gasteiger partial charge in [0.2, 0.25) is 0 Å². The highest BCUT2D eigenvalue weighted by Gasteiger charge is 2.23. The van der Waals surface area contributed by atoms with E-state index in [0.29, 0.717) is 24.7 Å². The van der Waals surface area contributed by atoms with E-state index in [-0.39, 0.29) is 5.82 Å². The number of ether oxygens (including phenoxy) is 1. The first-order valence-corrected chi connectivity index (χ1v) is 8.92. The second-order valence-corrected chi connectivity index (χ2v) is 6.57. The van der Waals surface area contributed by atoms with E-state index in [1.165, 1.54) is 17.0 Å². The third-order valence-corrected chi connectivity index (χ3v) is 4.60. The van der Waals surface area contributed by atoms with Crippen LogP contribution < -0.4 is 9.64 Å². The van der Waals surface area contributed by atoms with Crippen molar-refractivity contribution in [3.05, 3.63) is 71.9 Å². The lowest BCUT2D eigenvalue weighted by Crippen LogP contribution is -2.34. The fourth-order valence-corrected chi connectivity index (χ4v) is 3.23. The van der Waals surface area contributed by atoms with Crippen molar-refractivity contribution >= 4 is 11.9 Å². The fourth-order valence-electron chi connectivity index (χ4n) is 3.23. The van der Waals surface area contributed by atoms with Gasteiger partial charge in [0.25, 0.3) is 0 Å². The third-order valence-electron chi connectivity index (χ3n) is 4.60. The monoisotopic (exact) mass is 379 g/mol. The molecule has 0 bridgehead atoms. The predicted molar refractivity (Wildman–Crippen MR) is 102 cm³/mol. The van der Waals surface area contributed by atoms with Gasteiger partial charge in [-0.2, -0.15) is 0 Å². The number of hydrogen-bond acceptors (Lipinski definition) is 4. The largest absolute Gasteiger partial charge is 0.489 e. The number of carboxylic acid groups (broad SMARTS) is 1. The second kappa shape index (κ2) is 7.64. The van der Waals surface area contributed by atoms with Crippen LogP contribution in [0.4, 0.5) is 15.0 Å². The molecule has 142 valence electrons. The summed E-state index contributed by atoms with van der Waals surface area (Å²) < 4.78 is 18.6. The Balaban J connectivity index is 1.54. The van der Waals surface area contributed by atoms with Crippen LogP contribution >= 0.6 is 0 Å². The van der Waals surface area contributed by atoms with Crippen molar-refractivity contribution in [2.45, 2.75) is 19.4 Å². The maximum atomic E-state index is 13.0. The molecular weight excluding hydrogens is 361 g/mol. The van der Waals surface area contributed by atoms with Gasteiger partial charge in [-0.1, -0.05) is 0 Å². The van der Waals surface area contributed by atoms with Crippen LogP contribution in [-0.2, 0) is 13.0 Å². The Morgan fingerprint density at radius 2 is 1.93 bits per heavy atom. The molecule has 0 saturated heterocycles. The summed E-state index contributed by atoms with van der Waals surface area (Å²) in [5.41, 5.74) is 3.54. The van der Waals surface area contributed by atoms with E-state index in [2.05, 4.69) is 9.97 Å². The number of amides is 1. The summed E-state index contributed by atoms with van der Waals surface area (Å²) in [6.07, 6.45) is 5.70. The SMILES string of the molecule is O=C(O)N1CCCc2cc(-c3cncc(COc4ccc(F)cc4)c3)cnc21. The maximum absolute atomic E-state index is 13.0. The normalized spacial score (nSPS) is 13.1. The highest BCUT2D eigenvalue weighted by Crippen LogP contribution is 2.29. The minimum absolute atomic E-state index is 0.303. The van der Waals surface area contributed by atoms with Crippen LogP contribution in [0.25, 0.3) is 11.1 Å². The topological polar surface area (TPSA) is 75.5 Å². The number of rotatable bonds is 4. The number of pyridine rings is 2. The minimum Gasteiger partial charge on any atom is -0.489 e. The summed E-state index contributed by atoms with van der Waals surface area (Å²) in [5, 5.41) is 9.32. The highest BCUT2D eigenvalue weighted by atomic mass is 19.1. The average Bonchev–Trinajstić information content (AvgIpc) is 2.72. The molecule has 4 rings (SSSR count). The Morgan fingerprint density at radius 3 is 2.71 bits per heavy atom. The summed E-state index contributed by atoms with van der Waals surface area (Å²) in [6, 6.07) is 9.78. The van der Waals surface area contributed by atoms with Crippen molar-refractivity contribution in [2.75, 3.05) is 11.4 Å². The van der Waals surface area contributed by atoms with E-state index >= 15 is 0 Å². The Morgan fingerprint density at radius 1 is 1.14 bits per heavy atom. The van der Waals surface area contributed by atoms with Gasteiger partial charge in [-0.05, 0) is 54.8 Å². The smallest absolute Gasteiger partial charge is 0.413 e. The Labute approximate surface area is 161 Å². The molecule has 0 aliphatic carbocycles. The number of anilines is 1. The lowest BCUT2D eigenvalue weighted by molar-refractivity contribution is 0.201. The van der Waals surface area contributed by atoms with Gasteiger partial charge in [0.05, 0.1) is 0 Å². The molecule has 3 aromatic rings. The van der Waals surface area contributed by atoms with Crippen LogP contribution in [-0.4, -0.2) is 27.7 Å². The molecule has 7 heteroatoms. The average molecular weight is 379 g/mol. The van der Waals surface area contributed by atoms with Crippen molar-refractivity contribution in [1.82, 2.24) is 9.97 Å². The fraction of sp³-hybridized carbons (Fsp3) is 0.190. The molecule has 1 aliphatic rings. The molecular formula is C21H18FN3O3. The van der Waals surface area contributed by atoms with Crippen molar-refractivity contribution in [1.29, 1.82) is 0 Å². The van der Waals surface area contributed by atoms with Crippen LogP contribution in [0.2, 0.25) is 0 Å². The molecule has 0 spiro atoms. The van der Waals surface area contributed by atoms with Gasteiger partial charge in [0.15, 0.2) is 0 Å². The first-order chi connectivity index (χ1) is 13.6. The number of aromatic nitrogens is 2. The molecule has 1 aliphatic heterocycles. The number of nitrogens with zero attached hydrogens (tertiary/aromatic N) is 3. The van der Waals surface area contributed by atoms with E-state index in [1.54, 1.807) is 30.7 Å². The molecule has 1 N–H and O–H groups in total. The van der Waals surface area contributed by atoms with Crippen LogP contribution in [0, 0.1) is 5.82 Å². The van der Waals surface area contributed by atoms with E-state index < -0.39 is 6.09 Å². The Hall–Kier alpha value is -3.48. The van der Waals surface area contributed by atoms with E-state index in [4.69, 9.17) is 4.74 Å². The summed E-state index contributed by atoms with van der Waals surface area (Å²) >= 11 is 0. The van der Waals surface area contributed by atoms with Crippen molar-refractivity contribution in [2.24, 2.45) is 0 Å². The summed E-state index contributed by atoms with van der Waals surface area (Å²) in [6.45, 7) is 0.768. The Kier molecular flexibility index (Phi) is 4.89. The van der Waals surface area contributed by atoms with Gasteiger partial charge >= 0.3 is 6.09 Å². The van der Waals surface area contributed by atoms with Gasteiger partial charge in [0.1, 0.15) is 24.0 Å². The molecule has 0 fully saturated rings. The molecule has 28 heavy (non-hydrogen) atoms. The lowest BCUT2D eigenvalue weighted by atomic mass is 10.0. The molecule has 2 aromatic heterocycles. The maximum Gasteiger partial charge on any atom is 0.413 e. The molecule has 3 heterocycles. The summed E-state index contributed by atoms with van der Waals surface area (Å²) in [4.78, 5) is 21.3. The van der Waals surface area contributed by atoms with Crippen LogP contribution in [0.5, 0.6) is 5.75 Å². The first-order valence-electron chi connectivity index (χ1n) is 8.92. The Bertz CT molecular complexity index is 1010. The van der Waals surface area contributed by atoms with Crippen molar-refractivity contribution in [3.8, 4) is 16.9 Å². The zero-order valence-electron chi connectivity index (χ0n) is 15.0. The molecule has 0 unspecified atom stereocenters. The van der Waals surface area contributed by atoms with E-state index in [1.807, 2.05) is 12.1 Å². The highest BCUT2D eigenvalue weighted by molar-refractivity contribution is 5.86. The standard InChI is InChI=1S/C21H18FN3O3/c22-18-3-5-19(6-4-18)28-13-14-8-16(11-23-10-14)17-9-15-2-1-7-25(21(26)27)20(15)24-12-17/h3-6,8-12H,1-2,7,13H2,(H,26,27). The number of hydrogen-bond donors (Lipinski definition) is 1. The van der Waals surface area contributed by atoms with Crippen molar-refractivity contribution in [3.63, 3.8) is 0 Å². The molecule has 0 atom stereocenters. The van der Waals surface area contributed by atoms with E-state index in [0.717, 1.165) is 35.1 Å². The number of carbonyl (C=O) groups is 1. The van der Waals surface area contributed by atoms with Gasteiger partial charge in [0, 0.05) is 41.8 Å². The zero-order chi connectivity index (χ0) is 19.5. The number of benzene rings is 1. The summed E-state index contributed by atoms with van der Waals surface area (Å²) in [5.74, 6) is 0.777. The zero-order valence-corrected chi connectivity index (χ0v) is 15.0. The quantitative estimate of drug-likeness (QED) is 0.732. The lowest BCUT2D eigenvalue weighted by Gasteiger charge is -2.26. The van der Waals surface area contributed by atoms with Crippen LogP contribution in [0.15, 0.2) is 55.0 Å². The van der Waals surface area contributed by atoms with Gasteiger partial charge < -0.3 is 9.84 Å². The molecule has 1 aromatic carbocycles. The van der Waals surface area contributed by atoms with E-state index in [9.17, 15) is 14.3 Å². The molecule has 0 radical (unpaired) electrons. The predicted octanol–water partition coefficient (Wildman–Crippen LogP) is 4.29. The number of halogens is 1. The minimum atomic E-state index is -0.984. The van der Waals surface area contributed by atoms with Gasteiger partial charge in [-0.15, -0.1) is 0 Å². The molecule has 6 nitrogen and oxygen atoms in total. The summed E-state index contributed by atoms with van der Waals surface area (Å²) in [7, 11) is 0. The number of aryl methyl sites for hydroxylation is 1. The number of fused-ring (bicyclic) bond motifs is 1. The first kappa shape index (κ1) is 17.9. The van der Waals surface area contributed by atoms with Crippen LogP contribution in [0.3, 0.4) is 0 Å². The van der Waals surface area contributed by atoms with Gasteiger partial charge in [-0.3, -0.25) is 9.88 Å². The second-order valence-electron chi connectivity index (χ2n) is 6.57. The van der Waals surface area contributed by atoms with Crippen LogP contribution in [0.1, 0.15) is 17.5 Å². The third kappa shape index (κ3) is 3.78. The molecule has 0 saturated carbocycles.